The summed E-state index contributed by atoms with van der Waals surface area (Å²) in [6.07, 6.45) is 10.2. The lowest BCUT2D eigenvalue weighted by atomic mass is 9.89. The molecule has 0 unspecified atom stereocenters. The Balaban J connectivity index is 1.84. The van der Waals surface area contributed by atoms with Crippen LogP contribution in [0.15, 0.2) is 36.5 Å². The summed E-state index contributed by atoms with van der Waals surface area (Å²) in [7, 11) is 0. The number of carbonyl (C=O) groups is 1. The van der Waals surface area contributed by atoms with Crippen molar-refractivity contribution in [2.24, 2.45) is 5.92 Å². The number of carboxylic acid groups (broad SMARTS) is 1. The number of nitrogens with zero attached hydrogens (tertiary/aromatic N) is 1. The predicted octanol–water partition coefficient (Wildman–Crippen LogP) is 4.71. The maximum atomic E-state index is 10.8. The molecular formula is C19H23NO2. The van der Waals surface area contributed by atoms with Gasteiger partial charge in [-0.1, -0.05) is 25.3 Å². The van der Waals surface area contributed by atoms with E-state index in [1.165, 1.54) is 49.1 Å². The molecule has 1 N–H and O–H groups in total. The fraction of sp³-hybridized carbons (Fsp3) is 0.421. The molecule has 3 heteroatoms. The number of aliphatic carboxylic acids is 1. The molecule has 1 aliphatic rings. The van der Waals surface area contributed by atoms with Gasteiger partial charge in [-0.25, -0.2) is 4.79 Å². The highest BCUT2D eigenvalue weighted by Crippen LogP contribution is 2.28. The van der Waals surface area contributed by atoms with Gasteiger partial charge < -0.3 is 9.67 Å². The van der Waals surface area contributed by atoms with Gasteiger partial charge in [-0.3, -0.25) is 0 Å². The number of carboxylic acids is 1. The van der Waals surface area contributed by atoms with Gasteiger partial charge in [0.2, 0.25) is 0 Å². The van der Waals surface area contributed by atoms with Crippen LogP contribution in [0.5, 0.6) is 0 Å². The van der Waals surface area contributed by atoms with Crippen LogP contribution in [-0.4, -0.2) is 15.6 Å². The van der Waals surface area contributed by atoms with Gasteiger partial charge >= 0.3 is 5.97 Å². The molecule has 116 valence electrons. The third-order valence-electron chi connectivity index (χ3n) is 4.75. The lowest BCUT2D eigenvalue weighted by Gasteiger charge is -2.22. The van der Waals surface area contributed by atoms with Crippen molar-refractivity contribution in [3.63, 3.8) is 0 Å². The summed E-state index contributed by atoms with van der Waals surface area (Å²) < 4.78 is 2.35. The fourth-order valence-electron chi connectivity index (χ4n) is 3.52. The van der Waals surface area contributed by atoms with Crippen molar-refractivity contribution in [3.05, 3.63) is 42.1 Å². The normalized spacial score (nSPS) is 17.0. The summed E-state index contributed by atoms with van der Waals surface area (Å²) in [5.41, 5.74) is 3.01. The third kappa shape index (κ3) is 3.24. The van der Waals surface area contributed by atoms with Crippen molar-refractivity contribution in [1.82, 2.24) is 4.57 Å². The zero-order chi connectivity index (χ0) is 15.5. The summed E-state index contributed by atoms with van der Waals surface area (Å²) in [4.78, 5) is 10.8. The van der Waals surface area contributed by atoms with Gasteiger partial charge in [0.15, 0.2) is 0 Å². The second kappa shape index (κ2) is 6.39. The number of hydrogen-bond acceptors (Lipinski definition) is 1. The number of fused-ring (bicyclic) bond motifs is 1. The van der Waals surface area contributed by atoms with E-state index in [2.05, 4.69) is 29.0 Å². The Morgan fingerprint density at radius 3 is 2.77 bits per heavy atom. The molecule has 3 nitrogen and oxygen atoms in total. The van der Waals surface area contributed by atoms with E-state index in [1.807, 2.05) is 13.0 Å². The Kier molecular flexibility index (Phi) is 4.32. The highest BCUT2D eigenvalue weighted by molar-refractivity contribution is 5.91. The van der Waals surface area contributed by atoms with Gasteiger partial charge in [0, 0.05) is 29.7 Å². The lowest BCUT2D eigenvalue weighted by molar-refractivity contribution is -0.131. The van der Waals surface area contributed by atoms with Crippen LogP contribution in [0, 0.1) is 5.92 Å². The van der Waals surface area contributed by atoms with Crippen LogP contribution in [0.25, 0.3) is 16.5 Å². The first-order chi connectivity index (χ1) is 10.6. The van der Waals surface area contributed by atoms with Gasteiger partial charge in [0.25, 0.3) is 0 Å². The Labute approximate surface area is 131 Å². The molecule has 0 aliphatic heterocycles. The van der Waals surface area contributed by atoms with Crippen LogP contribution in [0.1, 0.15) is 44.6 Å². The van der Waals surface area contributed by atoms with Crippen molar-refractivity contribution in [2.45, 2.75) is 45.6 Å². The Morgan fingerprint density at radius 2 is 2.05 bits per heavy atom. The highest BCUT2D eigenvalue weighted by atomic mass is 16.4. The second-order valence-electron chi connectivity index (χ2n) is 6.41. The van der Waals surface area contributed by atoms with Crippen LogP contribution in [-0.2, 0) is 11.3 Å². The molecule has 0 radical (unpaired) electrons. The summed E-state index contributed by atoms with van der Waals surface area (Å²) >= 11 is 0. The van der Waals surface area contributed by atoms with Crippen molar-refractivity contribution in [1.29, 1.82) is 0 Å². The number of aromatic nitrogens is 1. The van der Waals surface area contributed by atoms with Crippen LogP contribution < -0.4 is 0 Å². The van der Waals surface area contributed by atoms with Gasteiger partial charge in [0.05, 0.1) is 0 Å². The Morgan fingerprint density at radius 1 is 1.27 bits per heavy atom. The SMILES string of the molecule is CC(=CC(=O)O)c1ccc2c(ccn2CC2CCCCC2)c1. The highest BCUT2D eigenvalue weighted by Gasteiger charge is 2.14. The molecule has 22 heavy (non-hydrogen) atoms. The first-order valence-electron chi connectivity index (χ1n) is 8.14. The molecule has 1 fully saturated rings. The second-order valence-corrected chi connectivity index (χ2v) is 6.41. The molecule has 0 saturated heterocycles. The number of allylic oxidation sites excluding steroid dienone is 1. The maximum absolute atomic E-state index is 10.8. The molecule has 0 bridgehead atoms. The molecule has 1 aromatic heterocycles. The van der Waals surface area contributed by atoms with Crippen LogP contribution >= 0.6 is 0 Å². The predicted molar refractivity (Wildman–Crippen MR) is 89.8 cm³/mol. The average Bonchev–Trinajstić information content (AvgIpc) is 2.90. The minimum Gasteiger partial charge on any atom is -0.478 e. The summed E-state index contributed by atoms with van der Waals surface area (Å²) in [6, 6.07) is 8.36. The molecule has 0 amide bonds. The quantitative estimate of drug-likeness (QED) is 0.830. The molecule has 2 aromatic rings. The number of hydrogen-bond donors (Lipinski definition) is 1. The number of benzene rings is 1. The minimum absolute atomic E-state index is 0.787. The van der Waals surface area contributed by atoms with Crippen molar-refractivity contribution < 1.29 is 9.90 Å². The number of rotatable bonds is 4. The fourth-order valence-corrected chi connectivity index (χ4v) is 3.52. The maximum Gasteiger partial charge on any atom is 0.328 e. The van der Waals surface area contributed by atoms with Crippen molar-refractivity contribution in [2.75, 3.05) is 0 Å². The lowest BCUT2D eigenvalue weighted by Crippen LogP contribution is -2.13. The average molecular weight is 297 g/mol. The molecular weight excluding hydrogens is 274 g/mol. The molecule has 1 saturated carbocycles. The monoisotopic (exact) mass is 297 g/mol. The van der Waals surface area contributed by atoms with E-state index >= 15 is 0 Å². The van der Waals surface area contributed by atoms with Crippen LogP contribution in [0.3, 0.4) is 0 Å². The standard InChI is InChI=1S/C19H23NO2/c1-14(11-19(21)22)16-7-8-18-17(12-16)9-10-20(18)13-15-5-3-2-4-6-15/h7-12,15H,2-6,13H2,1H3,(H,21,22). The van der Waals surface area contributed by atoms with E-state index in [4.69, 9.17) is 5.11 Å². The third-order valence-corrected chi connectivity index (χ3v) is 4.75. The summed E-state index contributed by atoms with van der Waals surface area (Å²) in [5, 5.41) is 10.1. The van der Waals surface area contributed by atoms with Crippen molar-refractivity contribution >= 4 is 22.4 Å². The molecule has 0 spiro atoms. The van der Waals surface area contributed by atoms with Gasteiger partial charge in [0.1, 0.15) is 0 Å². The van der Waals surface area contributed by atoms with E-state index in [1.54, 1.807) is 0 Å². The Bertz CT molecular complexity index is 705. The smallest absolute Gasteiger partial charge is 0.328 e. The van der Waals surface area contributed by atoms with E-state index in [0.29, 0.717) is 0 Å². The molecule has 1 heterocycles. The summed E-state index contributed by atoms with van der Waals surface area (Å²) in [5.74, 6) is -0.0925. The largest absolute Gasteiger partial charge is 0.478 e. The van der Waals surface area contributed by atoms with Gasteiger partial charge in [-0.15, -0.1) is 0 Å². The first-order valence-corrected chi connectivity index (χ1v) is 8.14. The van der Waals surface area contributed by atoms with E-state index in [0.717, 1.165) is 23.6 Å². The van der Waals surface area contributed by atoms with Crippen LogP contribution in [0.2, 0.25) is 0 Å². The van der Waals surface area contributed by atoms with Crippen LogP contribution in [0.4, 0.5) is 0 Å². The molecule has 1 aliphatic carbocycles. The van der Waals surface area contributed by atoms with Crippen molar-refractivity contribution in [3.8, 4) is 0 Å². The minimum atomic E-state index is -0.896. The zero-order valence-electron chi connectivity index (χ0n) is 13.1. The topological polar surface area (TPSA) is 42.2 Å². The van der Waals surface area contributed by atoms with E-state index in [-0.39, 0.29) is 0 Å². The Hall–Kier alpha value is -2.03. The van der Waals surface area contributed by atoms with Gasteiger partial charge in [-0.05, 0) is 55.0 Å². The zero-order valence-corrected chi connectivity index (χ0v) is 13.1. The van der Waals surface area contributed by atoms with E-state index < -0.39 is 5.97 Å². The molecule has 0 atom stereocenters. The molecule has 1 aromatic carbocycles. The van der Waals surface area contributed by atoms with Gasteiger partial charge in [-0.2, -0.15) is 0 Å². The summed E-state index contributed by atoms with van der Waals surface area (Å²) in [6.45, 7) is 2.95. The van der Waals surface area contributed by atoms with E-state index in [9.17, 15) is 4.79 Å². The first kappa shape index (κ1) is 14.9. The molecule has 3 rings (SSSR count).